The van der Waals surface area contributed by atoms with Gasteiger partial charge in [-0.3, -0.25) is 9.52 Å². The molecule has 0 fully saturated rings. The Morgan fingerprint density at radius 1 is 1.06 bits per heavy atom. The van der Waals surface area contributed by atoms with Crippen molar-refractivity contribution in [3.8, 4) is 17.2 Å². The molecule has 182 valence electrons. The topological polar surface area (TPSA) is 94.2 Å². The largest absolute Gasteiger partial charge is 0.495 e. The minimum absolute atomic E-state index is 0.0960. The maximum atomic E-state index is 12.7. The SMILES string of the molecule is COc1ccccc1NS(=O)(=O)c1ccc(/C=C/C(=O)N(C)C[C@H]2COc3ccccc3O2)cc1. The summed E-state index contributed by atoms with van der Waals surface area (Å²) in [7, 11) is -0.636. The Hall–Kier alpha value is -3.98. The number of para-hydroxylation sites is 4. The zero-order chi connectivity index (χ0) is 24.8. The maximum Gasteiger partial charge on any atom is 0.262 e. The molecule has 1 heterocycles. The molecule has 1 aliphatic heterocycles. The number of rotatable bonds is 8. The third-order valence-electron chi connectivity index (χ3n) is 5.38. The first-order chi connectivity index (χ1) is 16.9. The number of nitrogens with one attached hydrogen (secondary N) is 1. The number of ether oxygens (including phenoxy) is 3. The normalized spacial score (nSPS) is 15.0. The number of hydrogen-bond acceptors (Lipinski definition) is 6. The number of nitrogens with zero attached hydrogens (tertiary/aromatic N) is 1. The van der Waals surface area contributed by atoms with E-state index in [1.165, 1.54) is 25.3 Å². The van der Waals surface area contributed by atoms with E-state index < -0.39 is 10.0 Å². The van der Waals surface area contributed by atoms with Gasteiger partial charge >= 0.3 is 0 Å². The van der Waals surface area contributed by atoms with Crippen LogP contribution in [0, 0.1) is 0 Å². The van der Waals surface area contributed by atoms with Gasteiger partial charge in [-0.2, -0.15) is 0 Å². The fourth-order valence-corrected chi connectivity index (χ4v) is 4.60. The Morgan fingerprint density at radius 2 is 1.74 bits per heavy atom. The molecule has 1 amide bonds. The van der Waals surface area contributed by atoms with Gasteiger partial charge in [0.05, 0.1) is 24.2 Å². The number of anilines is 1. The molecule has 0 aromatic heterocycles. The van der Waals surface area contributed by atoms with Gasteiger partial charge in [0, 0.05) is 13.1 Å². The smallest absolute Gasteiger partial charge is 0.262 e. The van der Waals surface area contributed by atoms with Crippen LogP contribution in [0.1, 0.15) is 5.56 Å². The van der Waals surface area contributed by atoms with Crippen molar-refractivity contribution >= 4 is 27.7 Å². The van der Waals surface area contributed by atoms with E-state index in [-0.39, 0.29) is 16.9 Å². The molecule has 1 N–H and O–H groups in total. The highest BCUT2D eigenvalue weighted by molar-refractivity contribution is 7.92. The van der Waals surface area contributed by atoms with Gasteiger partial charge < -0.3 is 19.1 Å². The standard InChI is InChI=1S/C26H26N2O6S/c1-28(17-20-18-33-24-9-5-6-10-25(24)34-20)26(29)16-13-19-11-14-21(15-12-19)35(30,31)27-22-7-3-4-8-23(22)32-2/h3-16,20,27H,17-18H2,1-2H3/b16-13+/t20-/m0/s1. The lowest BCUT2D eigenvalue weighted by molar-refractivity contribution is -0.126. The number of hydrogen-bond donors (Lipinski definition) is 1. The number of amides is 1. The molecule has 0 spiro atoms. The van der Waals surface area contributed by atoms with Crippen LogP contribution in [0.4, 0.5) is 5.69 Å². The summed E-state index contributed by atoms with van der Waals surface area (Å²) in [4.78, 5) is 14.2. The van der Waals surface area contributed by atoms with Gasteiger partial charge in [-0.05, 0) is 48.0 Å². The zero-order valence-electron chi connectivity index (χ0n) is 19.4. The summed E-state index contributed by atoms with van der Waals surface area (Å²) < 4.78 is 44.8. The Bertz CT molecular complexity index is 1320. The molecular weight excluding hydrogens is 468 g/mol. The molecule has 4 rings (SSSR count). The number of sulfonamides is 1. The summed E-state index contributed by atoms with van der Waals surface area (Å²) in [5, 5.41) is 0. The van der Waals surface area contributed by atoms with Gasteiger partial charge in [0.15, 0.2) is 17.6 Å². The number of carbonyl (C=O) groups excluding carboxylic acids is 1. The summed E-state index contributed by atoms with van der Waals surface area (Å²) in [5.74, 6) is 1.58. The van der Waals surface area contributed by atoms with Crippen LogP contribution in [0.2, 0.25) is 0 Å². The molecule has 0 bridgehead atoms. The summed E-state index contributed by atoms with van der Waals surface area (Å²) in [5.41, 5.74) is 1.04. The van der Waals surface area contributed by atoms with Gasteiger partial charge in [0.25, 0.3) is 10.0 Å². The van der Waals surface area contributed by atoms with E-state index in [2.05, 4.69) is 4.72 Å². The molecule has 1 aliphatic rings. The highest BCUT2D eigenvalue weighted by Gasteiger charge is 2.23. The minimum Gasteiger partial charge on any atom is -0.495 e. The van der Waals surface area contributed by atoms with Crippen LogP contribution in [-0.2, 0) is 14.8 Å². The van der Waals surface area contributed by atoms with Gasteiger partial charge in [-0.25, -0.2) is 8.42 Å². The number of fused-ring (bicyclic) bond motifs is 1. The van der Waals surface area contributed by atoms with E-state index in [0.717, 1.165) is 0 Å². The van der Waals surface area contributed by atoms with Gasteiger partial charge in [-0.15, -0.1) is 0 Å². The molecule has 0 saturated carbocycles. The molecular formula is C26H26N2O6S. The first kappa shape index (κ1) is 24.2. The van der Waals surface area contributed by atoms with Crippen molar-refractivity contribution in [1.82, 2.24) is 4.90 Å². The second kappa shape index (κ2) is 10.5. The number of benzene rings is 3. The fourth-order valence-electron chi connectivity index (χ4n) is 3.53. The predicted octanol–water partition coefficient (Wildman–Crippen LogP) is 3.81. The van der Waals surface area contributed by atoms with E-state index in [0.29, 0.717) is 41.7 Å². The van der Waals surface area contributed by atoms with Gasteiger partial charge in [0.2, 0.25) is 5.91 Å². The lowest BCUT2D eigenvalue weighted by Crippen LogP contribution is -2.41. The number of methoxy groups -OCH3 is 1. The molecule has 8 nitrogen and oxygen atoms in total. The molecule has 3 aromatic carbocycles. The zero-order valence-corrected chi connectivity index (χ0v) is 20.2. The highest BCUT2D eigenvalue weighted by Crippen LogP contribution is 2.31. The second-order valence-corrected chi connectivity index (χ2v) is 9.61. The highest BCUT2D eigenvalue weighted by atomic mass is 32.2. The summed E-state index contributed by atoms with van der Waals surface area (Å²) in [6.07, 6.45) is 2.80. The van der Waals surface area contributed by atoms with Crippen molar-refractivity contribution in [3.63, 3.8) is 0 Å². The summed E-state index contributed by atoms with van der Waals surface area (Å²) >= 11 is 0. The lowest BCUT2D eigenvalue weighted by Gasteiger charge is -2.29. The molecule has 0 unspecified atom stereocenters. The van der Waals surface area contributed by atoms with Crippen molar-refractivity contribution in [3.05, 3.63) is 84.4 Å². The van der Waals surface area contributed by atoms with E-state index in [1.807, 2.05) is 24.3 Å². The van der Waals surface area contributed by atoms with Crippen molar-refractivity contribution in [1.29, 1.82) is 0 Å². The fraction of sp³-hybridized carbons (Fsp3) is 0.192. The van der Waals surface area contributed by atoms with Gasteiger partial charge in [-0.1, -0.05) is 36.4 Å². The van der Waals surface area contributed by atoms with Crippen molar-refractivity contribution in [2.75, 3.05) is 32.0 Å². The predicted molar refractivity (Wildman–Crippen MR) is 133 cm³/mol. The van der Waals surface area contributed by atoms with Crippen LogP contribution in [0.15, 0.2) is 83.8 Å². The number of carbonyl (C=O) groups is 1. The summed E-state index contributed by atoms with van der Waals surface area (Å²) in [6.45, 7) is 0.723. The lowest BCUT2D eigenvalue weighted by atomic mass is 10.2. The summed E-state index contributed by atoms with van der Waals surface area (Å²) in [6, 6.07) is 20.4. The Balaban J connectivity index is 1.35. The van der Waals surface area contributed by atoms with Crippen LogP contribution in [0.25, 0.3) is 6.08 Å². The van der Waals surface area contributed by atoms with E-state index in [4.69, 9.17) is 14.2 Å². The molecule has 35 heavy (non-hydrogen) atoms. The molecule has 0 saturated heterocycles. The van der Waals surface area contributed by atoms with Crippen molar-refractivity contribution < 1.29 is 27.4 Å². The van der Waals surface area contributed by atoms with Crippen molar-refractivity contribution in [2.24, 2.45) is 0 Å². The average Bonchev–Trinajstić information content (AvgIpc) is 2.87. The van der Waals surface area contributed by atoms with Crippen LogP contribution in [0.5, 0.6) is 17.2 Å². The monoisotopic (exact) mass is 494 g/mol. The Morgan fingerprint density at radius 3 is 2.49 bits per heavy atom. The third-order valence-corrected chi connectivity index (χ3v) is 6.76. The molecule has 9 heteroatoms. The van der Waals surface area contributed by atoms with Crippen LogP contribution < -0.4 is 18.9 Å². The second-order valence-electron chi connectivity index (χ2n) is 7.92. The first-order valence-electron chi connectivity index (χ1n) is 10.9. The van der Waals surface area contributed by atoms with E-state index in [9.17, 15) is 13.2 Å². The first-order valence-corrected chi connectivity index (χ1v) is 12.4. The average molecular weight is 495 g/mol. The Kier molecular flexibility index (Phi) is 7.26. The van der Waals surface area contributed by atoms with Crippen LogP contribution in [0.3, 0.4) is 0 Å². The van der Waals surface area contributed by atoms with Crippen LogP contribution >= 0.6 is 0 Å². The van der Waals surface area contributed by atoms with E-state index >= 15 is 0 Å². The van der Waals surface area contributed by atoms with Crippen LogP contribution in [-0.4, -0.2) is 52.6 Å². The molecule has 1 atom stereocenters. The quantitative estimate of drug-likeness (QED) is 0.479. The van der Waals surface area contributed by atoms with Gasteiger partial charge in [0.1, 0.15) is 12.4 Å². The minimum atomic E-state index is -3.80. The molecule has 0 radical (unpaired) electrons. The molecule has 0 aliphatic carbocycles. The number of likely N-dealkylation sites (N-methyl/N-ethyl adjacent to an activating group) is 1. The Labute approximate surface area is 204 Å². The molecule has 3 aromatic rings. The van der Waals surface area contributed by atoms with Crippen molar-refractivity contribution in [2.45, 2.75) is 11.0 Å². The maximum absolute atomic E-state index is 12.7. The third kappa shape index (κ3) is 5.93. The van der Waals surface area contributed by atoms with E-state index in [1.54, 1.807) is 54.4 Å².